The molecule has 0 amide bonds. The second-order valence-corrected chi connectivity index (χ2v) is 33.2. The van der Waals surface area contributed by atoms with Crippen LogP contribution in [0.4, 0.5) is 0 Å². The molecular formula is C93H130B7NO20S. The van der Waals surface area contributed by atoms with E-state index < -0.39 is 54.3 Å². The summed E-state index contributed by atoms with van der Waals surface area (Å²) in [7, 11) is 46.9. The van der Waals surface area contributed by atoms with Gasteiger partial charge in [0.15, 0.2) is 6.10 Å². The molecule has 122 heavy (non-hydrogen) atoms. The van der Waals surface area contributed by atoms with E-state index in [-0.39, 0.29) is 116 Å². The Kier molecular flexibility index (Phi) is 49.7. The SMILES string of the molecule is C.N[C@@H]1C[C@H](COC(=O)c2ccccc2)[C@@H](OC(=O)c2ccccc2)C1OC(=O)c1ccccc1.[B]C1C[C@H](CO)[C@@H](CO)C1.[B][C@@H]1C[C@H](CC)[C@@H](O)C1.[B][C@@H]1C[C@H](CO)[C@@H](O)C1O.[B][C@@H]1C[C@H](COC)[C@@H](OC)C1.[B][C@@H]1C[C@H](COC)[C@@H](OC)C1OC(=S)Oc1ccccc1.[B][C@H]1C/C(=C/OCc2ccccc2)[C@@H](CC)C1.[B][C@H]1CC(=O)[C@@H](CC)C1. The highest BCUT2D eigenvalue weighted by Crippen LogP contribution is 2.43. The third-order valence-electron chi connectivity index (χ3n) is 23.8. The Morgan fingerprint density at radius 1 is 0.451 bits per heavy atom. The van der Waals surface area contributed by atoms with Crippen LogP contribution >= 0.6 is 12.2 Å². The zero-order valence-electron chi connectivity index (χ0n) is 71.6. The van der Waals surface area contributed by atoms with Gasteiger partial charge >= 0.3 is 23.1 Å². The molecule has 14 radical (unpaired) electrons. The fourth-order valence-electron chi connectivity index (χ4n) is 17.0. The fourth-order valence-corrected chi connectivity index (χ4v) is 17.2. The fraction of sp³-hybridized carbons (Fsp3) is 0.602. The number of hydrogen-bond acceptors (Lipinski definition) is 22. The van der Waals surface area contributed by atoms with Gasteiger partial charge in [0.2, 0.25) is 0 Å². The molecule has 3 unspecified atom stereocenters. The normalized spacial score (nSPS) is 30.5. The molecule has 0 saturated heterocycles. The van der Waals surface area contributed by atoms with Crippen molar-refractivity contribution in [1.82, 2.24) is 0 Å². The first kappa shape index (κ1) is 106. The van der Waals surface area contributed by atoms with Gasteiger partial charge in [-0.1, -0.05) is 199 Å². The number of aliphatic hydroxyl groups is 6. The van der Waals surface area contributed by atoms with Gasteiger partial charge in [-0.15, -0.1) is 0 Å². The quantitative estimate of drug-likeness (QED) is 0.00992. The van der Waals surface area contributed by atoms with Gasteiger partial charge in [0.1, 0.15) is 30.3 Å². The van der Waals surface area contributed by atoms with Crippen molar-refractivity contribution < 1.29 is 97.2 Å². The largest absolute Gasteiger partial charge is 0.497 e. The number of methoxy groups -OCH3 is 4. The number of ether oxygens (including phenoxy) is 10. The van der Waals surface area contributed by atoms with E-state index in [0.29, 0.717) is 96.2 Å². The summed E-state index contributed by atoms with van der Waals surface area (Å²) in [6, 6.07) is 44.5. The number of rotatable bonds is 24. The molecule has 8 aliphatic carbocycles. The summed E-state index contributed by atoms with van der Waals surface area (Å²) in [5, 5.41) is 53.8. The minimum absolute atomic E-state index is 0. The monoisotopic (exact) mass is 1690 g/mol. The van der Waals surface area contributed by atoms with Gasteiger partial charge in [0.25, 0.3) is 0 Å². The molecule has 8 N–H and O–H groups in total. The van der Waals surface area contributed by atoms with Gasteiger partial charge in [0, 0.05) is 103 Å². The number of ketones is 1. The Balaban J connectivity index is 0.000000262. The molecule has 24 atom stereocenters. The van der Waals surface area contributed by atoms with E-state index in [1.165, 1.54) is 11.1 Å². The summed E-state index contributed by atoms with van der Waals surface area (Å²) >= 11 is 5.14. The lowest BCUT2D eigenvalue weighted by atomic mass is 9.83. The predicted octanol–water partition coefficient (Wildman–Crippen LogP) is 12.6. The average molecular weight is 1690 g/mol. The molecule has 29 heteroatoms. The van der Waals surface area contributed by atoms with Gasteiger partial charge in [-0.25, -0.2) is 14.4 Å². The van der Waals surface area contributed by atoms with Gasteiger partial charge < -0.3 is 83.7 Å². The van der Waals surface area contributed by atoms with E-state index in [2.05, 4.69) is 26.0 Å². The molecule has 21 nitrogen and oxygen atoms in total. The minimum atomic E-state index is -0.888. The first-order valence-corrected chi connectivity index (χ1v) is 43.1. The van der Waals surface area contributed by atoms with Crippen LogP contribution in [0.3, 0.4) is 0 Å². The lowest BCUT2D eigenvalue weighted by Crippen LogP contribution is -2.42. The van der Waals surface area contributed by atoms with Gasteiger partial charge in [0.05, 0.1) is 128 Å². The van der Waals surface area contributed by atoms with Crippen molar-refractivity contribution in [3.05, 3.63) is 186 Å². The van der Waals surface area contributed by atoms with Gasteiger partial charge in [-0.05, 0) is 153 Å². The van der Waals surface area contributed by atoms with Crippen LogP contribution in [0.1, 0.15) is 168 Å². The first-order chi connectivity index (χ1) is 58.2. The number of aliphatic hydroxyl groups excluding tert-OH is 6. The Bertz CT molecular complexity index is 3740. The van der Waals surface area contributed by atoms with E-state index in [9.17, 15) is 24.3 Å². The number of esters is 3. The minimum Gasteiger partial charge on any atom is -0.497 e. The summed E-state index contributed by atoms with van der Waals surface area (Å²) in [5.41, 5.74) is 10.0. The van der Waals surface area contributed by atoms with E-state index in [0.717, 1.165) is 90.1 Å². The molecule has 5 aromatic carbocycles. The molecule has 5 aromatic rings. The van der Waals surface area contributed by atoms with Crippen LogP contribution in [-0.4, -0.2) is 237 Å². The highest BCUT2D eigenvalue weighted by Gasteiger charge is 2.48. The number of carbonyl (C=O) groups is 4. The number of carbonyl (C=O) groups excluding carboxylic acids is 4. The molecule has 8 saturated carbocycles. The molecule has 8 fully saturated rings. The van der Waals surface area contributed by atoms with Crippen molar-refractivity contribution in [2.75, 3.05) is 68.1 Å². The molecule has 8 aliphatic rings. The highest BCUT2D eigenvalue weighted by molar-refractivity contribution is 7.79. The van der Waals surface area contributed by atoms with Crippen molar-refractivity contribution in [3.8, 4) is 5.75 Å². The third-order valence-corrected chi connectivity index (χ3v) is 23.9. The van der Waals surface area contributed by atoms with Gasteiger partial charge in [-0.3, -0.25) is 4.79 Å². The van der Waals surface area contributed by atoms with E-state index >= 15 is 0 Å². The van der Waals surface area contributed by atoms with Crippen molar-refractivity contribution in [2.24, 2.45) is 59.0 Å². The van der Waals surface area contributed by atoms with E-state index in [4.69, 9.17) is 146 Å². The number of allylic oxidation sites excluding steroid dienone is 1. The standard InChI is InChI=1S/C27H25NO6.C15H19BO4S.C15H19BO.C8H15BO2.C7H13BO2.C7H13BO.C7H11BO.C6H11BO3.CH4/c28-22-16-21(17-32-25(29)18-10-4-1-5-11-18)23(33-26(30)19-12-6-2-7-13-19)24(22)34-27(31)20-14-8-3-9-15-20;1-17-9-10-8-12(16)14(13(10)18-2)20-15(21)19-11-6-4-3-5-7-11;1-2-13-8-15(16)9-14(13)11-17-10-12-6-4-3-5-7-12;1-10-5-6-3-7(9)4-8(6)11-2;8-7-1-5(3-9)6(2-7)4-10;2*1-2-5-3-6(8)4-7(5)9;7-4-1-3(2-8)5(9)6(4)10;/h1-15,21-24H,16-17,28H2;3-7,10,12-14H,8-9H2,1-2H3;3-7,11,13,15H,2,8-10H2,1H3;6-8H,3-5H2,1-2H3;5-7,9-10H,1-4H2;5-7,9H,2-4H2,1H3;5-6H,2-4H2,1H3;3-6,8-10H,1-2H2;1H4/b;;14-11-;;;;;;/t21-,22-,23-,24?;10-,12-,13-,14?;13-,15+;6-,7-,8+;5-,6-;5-,6+,7-;5-,6+;3-,4-,5-,6?;/m11011001./s1. The van der Waals surface area contributed by atoms with Crippen LogP contribution in [0.15, 0.2) is 163 Å². The first-order valence-electron chi connectivity index (χ1n) is 42.7. The Labute approximate surface area is 740 Å². The molecule has 654 valence electrons. The van der Waals surface area contributed by atoms with Gasteiger partial charge in [-0.2, -0.15) is 0 Å². The second-order valence-electron chi connectivity index (χ2n) is 32.9. The maximum Gasteiger partial charge on any atom is 0.358 e. The highest BCUT2D eigenvalue weighted by atomic mass is 32.1. The van der Waals surface area contributed by atoms with E-state index in [1.807, 2.05) is 61.7 Å². The van der Waals surface area contributed by atoms with Crippen molar-refractivity contribution in [2.45, 2.75) is 233 Å². The third kappa shape index (κ3) is 35.0. The Morgan fingerprint density at radius 3 is 1.35 bits per heavy atom. The van der Waals surface area contributed by atoms with Crippen LogP contribution in [0, 0.1) is 53.3 Å². The van der Waals surface area contributed by atoms with E-state index in [1.54, 1.807) is 119 Å². The molecule has 0 heterocycles. The summed E-state index contributed by atoms with van der Waals surface area (Å²) in [6.45, 7) is 8.55. The summed E-state index contributed by atoms with van der Waals surface area (Å²) in [6.07, 6.45) is 12.2. The molecule has 0 aromatic heterocycles. The van der Waals surface area contributed by atoms with Crippen LogP contribution in [-0.2, 0) is 54.0 Å². The summed E-state index contributed by atoms with van der Waals surface area (Å²) < 4.78 is 54.9. The summed E-state index contributed by atoms with van der Waals surface area (Å²) in [4.78, 5) is 48.9. The number of thiocarbonyl (C=S) groups is 1. The van der Waals surface area contributed by atoms with Crippen LogP contribution in [0.5, 0.6) is 5.75 Å². The smallest absolute Gasteiger partial charge is 0.358 e. The maximum atomic E-state index is 12.8. The van der Waals surface area contributed by atoms with Crippen LogP contribution in [0.2, 0.25) is 40.7 Å². The number of nitrogens with two attached hydrogens (primary N) is 1. The predicted molar refractivity (Wildman–Crippen MR) is 485 cm³/mol. The summed E-state index contributed by atoms with van der Waals surface area (Å²) in [5.74, 6) is 1.92. The maximum absolute atomic E-state index is 12.8. The van der Waals surface area contributed by atoms with Crippen LogP contribution in [0.25, 0.3) is 0 Å². The number of Topliss-reactive ketones (excluding diaryl/α,β-unsaturated/α-hetero) is 1. The zero-order valence-corrected chi connectivity index (χ0v) is 72.5. The van der Waals surface area contributed by atoms with Crippen LogP contribution < -0.4 is 10.5 Å². The van der Waals surface area contributed by atoms with Crippen molar-refractivity contribution in [1.29, 1.82) is 0 Å². The number of para-hydroxylation sites is 1. The number of hydrogen-bond donors (Lipinski definition) is 7. The molecule has 0 spiro atoms. The molecule has 0 bridgehead atoms. The Morgan fingerprint density at radius 2 is 0.910 bits per heavy atom. The molecule has 0 aliphatic heterocycles. The van der Waals surface area contributed by atoms with Crippen molar-refractivity contribution >= 4 is 96.1 Å². The molecule has 13 rings (SSSR count). The average Bonchev–Trinajstić information content (AvgIpc) is 1.66. The zero-order chi connectivity index (χ0) is 88.5. The Hall–Kier alpha value is -6.58. The lowest BCUT2D eigenvalue weighted by molar-refractivity contribution is -0.120. The number of benzene rings is 5. The van der Waals surface area contributed by atoms with Crippen molar-refractivity contribution in [3.63, 3.8) is 0 Å². The lowest BCUT2D eigenvalue weighted by Gasteiger charge is -2.26. The topological polar surface area (TPSA) is 308 Å². The second kappa shape index (κ2) is 57.2. The molecular weight excluding hydrogens is 1560 g/mol.